The number of hydrogen-bond donors (Lipinski definition) is 2. The molecule has 3 saturated carbocycles. The van der Waals surface area contributed by atoms with E-state index in [1.807, 2.05) is 0 Å². The minimum atomic E-state index is -1.16. The summed E-state index contributed by atoms with van der Waals surface area (Å²) in [6.07, 6.45) is 10.7. The fraction of sp³-hybridized carbons (Fsp3) is 0.655. The average Bonchev–Trinajstić information content (AvgIpc) is 3.37. The van der Waals surface area contributed by atoms with Crippen molar-refractivity contribution in [3.63, 3.8) is 0 Å². The van der Waals surface area contributed by atoms with Gasteiger partial charge in [-0.2, -0.15) is 0 Å². The normalized spacial score (nSPS) is 41.9. The van der Waals surface area contributed by atoms with Crippen molar-refractivity contribution in [3.8, 4) is 12.3 Å². The molecule has 6 atom stereocenters. The van der Waals surface area contributed by atoms with Crippen LogP contribution in [-0.4, -0.2) is 40.4 Å². The molecule has 4 nitrogen and oxygen atoms in total. The maximum atomic E-state index is 14.7. The fourth-order valence-corrected chi connectivity index (χ4v) is 8.44. The van der Waals surface area contributed by atoms with E-state index < -0.39 is 34.5 Å². The standard InChI is InChI=1S/C29H34F2O4/c1-4-28(33)10-7-22-19-6-9-27(32)16-29(34-11-12-35-29)15-21(18-13-23(30)17(2)24(31)14-18)25(27)20(19)5-8-26(22,28)3/h1,13-14,19,21-22,32-33H,5-12,15-16H2,2-3H3. The lowest BCUT2D eigenvalue weighted by Crippen LogP contribution is -2.55. The quantitative estimate of drug-likeness (QED) is 0.440. The maximum absolute atomic E-state index is 14.7. The average molecular weight is 485 g/mol. The van der Waals surface area contributed by atoms with E-state index in [1.54, 1.807) is 0 Å². The Hall–Kier alpha value is -1.78. The van der Waals surface area contributed by atoms with E-state index in [1.165, 1.54) is 24.6 Å². The van der Waals surface area contributed by atoms with Gasteiger partial charge in [0.25, 0.3) is 0 Å². The third kappa shape index (κ3) is 3.18. The summed E-state index contributed by atoms with van der Waals surface area (Å²) in [6.45, 7) is 4.44. The van der Waals surface area contributed by atoms with Crippen molar-refractivity contribution in [3.05, 3.63) is 46.0 Å². The van der Waals surface area contributed by atoms with Crippen LogP contribution in [0.3, 0.4) is 0 Å². The number of benzene rings is 1. The highest BCUT2D eigenvalue weighted by molar-refractivity contribution is 5.45. The first kappa shape index (κ1) is 23.6. The number of fused-ring (bicyclic) bond motifs is 4. The predicted octanol–water partition coefficient (Wildman–Crippen LogP) is 4.91. The van der Waals surface area contributed by atoms with Crippen LogP contribution >= 0.6 is 0 Å². The zero-order chi connectivity index (χ0) is 24.8. The van der Waals surface area contributed by atoms with E-state index in [0.29, 0.717) is 50.9 Å². The maximum Gasteiger partial charge on any atom is 0.172 e. The predicted molar refractivity (Wildman–Crippen MR) is 126 cm³/mol. The van der Waals surface area contributed by atoms with Crippen molar-refractivity contribution >= 4 is 0 Å². The molecule has 1 spiro atoms. The third-order valence-electron chi connectivity index (χ3n) is 10.3. The summed E-state index contributed by atoms with van der Waals surface area (Å²) in [4.78, 5) is 0. The van der Waals surface area contributed by atoms with E-state index in [-0.39, 0.29) is 22.8 Å². The number of terminal acetylenes is 1. The van der Waals surface area contributed by atoms with Gasteiger partial charge in [-0.25, -0.2) is 8.78 Å². The molecule has 6 rings (SSSR count). The highest BCUT2D eigenvalue weighted by Gasteiger charge is 2.63. The summed E-state index contributed by atoms with van der Waals surface area (Å²) in [5.74, 6) is 0.575. The van der Waals surface area contributed by atoms with E-state index in [4.69, 9.17) is 15.9 Å². The van der Waals surface area contributed by atoms with E-state index in [0.717, 1.165) is 24.8 Å². The molecule has 1 heterocycles. The Morgan fingerprint density at radius 2 is 1.74 bits per heavy atom. The van der Waals surface area contributed by atoms with Gasteiger partial charge in [0.1, 0.15) is 17.2 Å². The molecule has 6 unspecified atom stereocenters. The van der Waals surface area contributed by atoms with Gasteiger partial charge in [0.15, 0.2) is 5.79 Å². The molecular formula is C29H34F2O4. The van der Waals surface area contributed by atoms with Gasteiger partial charge in [0.2, 0.25) is 0 Å². The summed E-state index contributed by atoms with van der Waals surface area (Å²) in [5.41, 5.74) is -0.0453. The van der Waals surface area contributed by atoms with Gasteiger partial charge in [-0.05, 0) is 80.6 Å². The van der Waals surface area contributed by atoms with Gasteiger partial charge in [-0.3, -0.25) is 0 Å². The first-order valence-electron chi connectivity index (χ1n) is 12.9. The van der Waals surface area contributed by atoms with E-state index in [9.17, 15) is 19.0 Å². The fourth-order valence-electron chi connectivity index (χ4n) is 8.44. The van der Waals surface area contributed by atoms with Crippen molar-refractivity contribution in [1.29, 1.82) is 0 Å². The van der Waals surface area contributed by atoms with Crippen LogP contribution in [0.4, 0.5) is 8.78 Å². The monoisotopic (exact) mass is 484 g/mol. The number of halogens is 2. The Kier molecular flexibility index (Phi) is 5.14. The number of hydrogen-bond acceptors (Lipinski definition) is 4. The first-order valence-corrected chi connectivity index (χ1v) is 12.9. The molecule has 0 bridgehead atoms. The van der Waals surface area contributed by atoms with Gasteiger partial charge in [-0.15, -0.1) is 6.42 Å². The Morgan fingerprint density at radius 3 is 2.40 bits per heavy atom. The largest absolute Gasteiger partial charge is 0.385 e. The van der Waals surface area contributed by atoms with Crippen LogP contribution in [0.5, 0.6) is 0 Å². The number of ether oxygens (including phenoxy) is 2. The highest BCUT2D eigenvalue weighted by Crippen LogP contribution is 2.66. The summed E-state index contributed by atoms with van der Waals surface area (Å²) >= 11 is 0. The molecule has 5 aliphatic rings. The van der Waals surface area contributed by atoms with Gasteiger partial charge in [-0.1, -0.05) is 18.4 Å². The lowest BCUT2D eigenvalue weighted by atomic mass is 9.51. The molecule has 0 amide bonds. The van der Waals surface area contributed by atoms with Crippen molar-refractivity contribution in [1.82, 2.24) is 0 Å². The second kappa shape index (κ2) is 7.61. The van der Waals surface area contributed by atoms with Crippen LogP contribution < -0.4 is 0 Å². The summed E-state index contributed by atoms with van der Waals surface area (Å²) < 4.78 is 41.6. The number of allylic oxidation sites excluding steroid dienone is 1. The van der Waals surface area contributed by atoms with Gasteiger partial charge in [0, 0.05) is 29.7 Å². The highest BCUT2D eigenvalue weighted by atomic mass is 19.1. The van der Waals surface area contributed by atoms with Crippen LogP contribution in [0.15, 0.2) is 23.3 Å². The van der Waals surface area contributed by atoms with Gasteiger partial charge < -0.3 is 19.7 Å². The lowest BCUT2D eigenvalue weighted by Gasteiger charge is -2.56. The SMILES string of the molecule is C#CC1(O)CCC2C3CCC4(O)CC5(CC(c6cc(F)c(C)c(F)c6)C4=C3CCC21C)OCCO5. The summed E-state index contributed by atoms with van der Waals surface area (Å²) in [7, 11) is 0. The van der Waals surface area contributed by atoms with Crippen LogP contribution in [0.25, 0.3) is 0 Å². The van der Waals surface area contributed by atoms with Crippen molar-refractivity contribution in [2.75, 3.05) is 13.2 Å². The first-order chi connectivity index (χ1) is 16.5. The second-order valence-corrected chi connectivity index (χ2v) is 11.8. The molecule has 1 saturated heterocycles. The van der Waals surface area contributed by atoms with Gasteiger partial charge in [0.05, 0.1) is 18.8 Å². The van der Waals surface area contributed by atoms with Crippen LogP contribution in [-0.2, 0) is 9.47 Å². The molecule has 4 aliphatic carbocycles. The topological polar surface area (TPSA) is 58.9 Å². The Morgan fingerprint density at radius 1 is 1.06 bits per heavy atom. The summed E-state index contributed by atoms with van der Waals surface area (Å²) in [5, 5.41) is 23.4. The van der Waals surface area contributed by atoms with E-state index >= 15 is 0 Å². The van der Waals surface area contributed by atoms with Crippen LogP contribution in [0, 0.1) is 48.2 Å². The Balaban J connectivity index is 1.50. The smallest absolute Gasteiger partial charge is 0.172 e. The van der Waals surface area contributed by atoms with E-state index in [2.05, 4.69) is 12.8 Å². The zero-order valence-electron chi connectivity index (χ0n) is 20.5. The Bertz CT molecular complexity index is 1120. The number of rotatable bonds is 1. The lowest BCUT2D eigenvalue weighted by molar-refractivity contribution is -0.212. The molecule has 2 N–H and O–H groups in total. The molecule has 1 aromatic rings. The van der Waals surface area contributed by atoms with Crippen molar-refractivity contribution < 1.29 is 28.5 Å². The molecule has 6 heteroatoms. The zero-order valence-corrected chi connectivity index (χ0v) is 20.5. The minimum Gasteiger partial charge on any atom is -0.385 e. The summed E-state index contributed by atoms with van der Waals surface area (Å²) in [6, 6.07) is 2.82. The molecule has 188 valence electrons. The molecule has 1 aliphatic heterocycles. The molecule has 4 fully saturated rings. The molecule has 0 radical (unpaired) electrons. The van der Waals surface area contributed by atoms with Gasteiger partial charge >= 0.3 is 0 Å². The second-order valence-electron chi connectivity index (χ2n) is 11.8. The Labute approximate surface area is 205 Å². The molecule has 35 heavy (non-hydrogen) atoms. The minimum absolute atomic E-state index is 0.00460. The third-order valence-corrected chi connectivity index (χ3v) is 10.3. The van der Waals surface area contributed by atoms with Crippen LogP contribution in [0.1, 0.15) is 75.3 Å². The van der Waals surface area contributed by atoms with Crippen LogP contribution in [0.2, 0.25) is 0 Å². The van der Waals surface area contributed by atoms with Crippen molar-refractivity contribution in [2.24, 2.45) is 17.3 Å². The number of aliphatic hydroxyl groups is 2. The molecular weight excluding hydrogens is 450 g/mol. The molecule has 0 aromatic heterocycles. The molecule has 1 aromatic carbocycles. The van der Waals surface area contributed by atoms with Crippen molar-refractivity contribution in [2.45, 2.75) is 88.1 Å².